The summed E-state index contributed by atoms with van der Waals surface area (Å²) in [4.78, 5) is 18.3. The Hall–Kier alpha value is -1.29. The number of nitrogens with zero attached hydrogens (tertiary/aromatic N) is 2. The molecule has 0 N–H and O–H groups in total. The van der Waals surface area contributed by atoms with Crippen LogP contribution in [0, 0.1) is 5.92 Å². The standard InChI is InChI=1S/C16H23ClN2O2/c1-11-10-19(15(20)21-16(2,3)4)9-8-12(11)13-6-5-7-14(17)18-13/h5-7,11-12H,8-10H2,1-4H3. The highest BCUT2D eigenvalue weighted by Gasteiger charge is 2.32. The van der Waals surface area contributed by atoms with Crippen LogP contribution in [0.5, 0.6) is 0 Å². The molecule has 0 bridgehead atoms. The first-order valence-corrected chi connectivity index (χ1v) is 7.74. The molecule has 1 amide bonds. The van der Waals surface area contributed by atoms with E-state index in [9.17, 15) is 4.79 Å². The van der Waals surface area contributed by atoms with Crippen molar-refractivity contribution in [1.29, 1.82) is 0 Å². The molecule has 1 aliphatic rings. The summed E-state index contributed by atoms with van der Waals surface area (Å²) >= 11 is 5.97. The Kier molecular flexibility index (Phi) is 4.77. The predicted octanol–water partition coefficient (Wildman–Crippen LogP) is 4.10. The first-order chi connectivity index (χ1) is 9.76. The molecule has 1 saturated heterocycles. The van der Waals surface area contributed by atoms with Crippen molar-refractivity contribution in [1.82, 2.24) is 9.88 Å². The van der Waals surface area contributed by atoms with Gasteiger partial charge in [-0.05, 0) is 45.2 Å². The van der Waals surface area contributed by atoms with Crippen molar-refractivity contribution in [2.45, 2.75) is 45.6 Å². The van der Waals surface area contributed by atoms with E-state index in [0.29, 0.717) is 30.1 Å². The van der Waals surface area contributed by atoms with Gasteiger partial charge in [0.1, 0.15) is 10.8 Å². The van der Waals surface area contributed by atoms with Gasteiger partial charge in [0.05, 0.1) is 0 Å². The fourth-order valence-corrected chi connectivity index (χ4v) is 2.88. The zero-order chi connectivity index (χ0) is 15.6. The second kappa shape index (κ2) is 6.22. The predicted molar refractivity (Wildman–Crippen MR) is 83.6 cm³/mol. The van der Waals surface area contributed by atoms with Crippen molar-refractivity contribution in [2.24, 2.45) is 5.92 Å². The van der Waals surface area contributed by atoms with Crippen LogP contribution in [0.1, 0.15) is 45.7 Å². The first kappa shape index (κ1) is 16.1. The van der Waals surface area contributed by atoms with Gasteiger partial charge in [-0.25, -0.2) is 9.78 Å². The van der Waals surface area contributed by atoms with Gasteiger partial charge in [0.2, 0.25) is 0 Å². The molecular formula is C16H23ClN2O2. The van der Waals surface area contributed by atoms with Crippen LogP contribution in [0.25, 0.3) is 0 Å². The Bertz CT molecular complexity index is 513. The summed E-state index contributed by atoms with van der Waals surface area (Å²) in [7, 11) is 0. The Morgan fingerprint density at radius 1 is 1.43 bits per heavy atom. The second-order valence-corrected chi connectivity index (χ2v) is 7.07. The van der Waals surface area contributed by atoms with Crippen LogP contribution >= 0.6 is 11.6 Å². The molecule has 1 aromatic rings. The maximum absolute atomic E-state index is 12.1. The van der Waals surface area contributed by atoms with Crippen molar-refractivity contribution in [3.63, 3.8) is 0 Å². The fraction of sp³-hybridized carbons (Fsp3) is 0.625. The van der Waals surface area contributed by atoms with E-state index in [4.69, 9.17) is 16.3 Å². The summed E-state index contributed by atoms with van der Waals surface area (Å²) in [6.45, 7) is 9.18. The lowest BCUT2D eigenvalue weighted by Gasteiger charge is -2.37. The second-order valence-electron chi connectivity index (χ2n) is 6.68. The summed E-state index contributed by atoms with van der Waals surface area (Å²) in [6, 6.07) is 5.72. The molecule has 0 aliphatic carbocycles. The molecule has 2 heterocycles. The minimum Gasteiger partial charge on any atom is -0.444 e. The number of pyridine rings is 1. The third-order valence-corrected chi connectivity index (χ3v) is 3.88. The number of halogens is 1. The summed E-state index contributed by atoms with van der Waals surface area (Å²) in [5, 5.41) is 0.522. The van der Waals surface area contributed by atoms with Crippen LogP contribution < -0.4 is 0 Å². The molecule has 2 unspecified atom stereocenters. The number of ether oxygens (including phenoxy) is 1. The van der Waals surface area contributed by atoms with E-state index >= 15 is 0 Å². The van der Waals surface area contributed by atoms with E-state index in [1.165, 1.54) is 0 Å². The zero-order valence-corrected chi connectivity index (χ0v) is 13.9. The number of hydrogen-bond acceptors (Lipinski definition) is 3. The molecule has 21 heavy (non-hydrogen) atoms. The molecule has 5 heteroatoms. The molecule has 1 fully saturated rings. The van der Waals surface area contributed by atoms with Crippen LogP contribution in [0.3, 0.4) is 0 Å². The maximum Gasteiger partial charge on any atom is 0.410 e. The number of aromatic nitrogens is 1. The lowest BCUT2D eigenvalue weighted by Crippen LogP contribution is -2.44. The number of carbonyl (C=O) groups is 1. The summed E-state index contributed by atoms with van der Waals surface area (Å²) in [6.07, 6.45) is 0.653. The lowest BCUT2D eigenvalue weighted by atomic mass is 9.84. The highest BCUT2D eigenvalue weighted by atomic mass is 35.5. The maximum atomic E-state index is 12.1. The molecule has 1 aliphatic heterocycles. The fourth-order valence-electron chi connectivity index (χ4n) is 2.71. The molecule has 2 atom stereocenters. The summed E-state index contributed by atoms with van der Waals surface area (Å²) in [5.74, 6) is 0.666. The van der Waals surface area contributed by atoms with Gasteiger partial charge in [0, 0.05) is 24.7 Å². The number of hydrogen-bond donors (Lipinski definition) is 0. The van der Waals surface area contributed by atoms with E-state index < -0.39 is 5.60 Å². The van der Waals surface area contributed by atoms with Gasteiger partial charge < -0.3 is 9.64 Å². The molecule has 116 valence electrons. The van der Waals surface area contributed by atoms with Crippen molar-refractivity contribution in [2.75, 3.05) is 13.1 Å². The third-order valence-electron chi connectivity index (χ3n) is 3.67. The Morgan fingerprint density at radius 2 is 2.14 bits per heavy atom. The minimum atomic E-state index is -0.453. The van der Waals surface area contributed by atoms with Crippen molar-refractivity contribution in [3.05, 3.63) is 29.0 Å². The zero-order valence-electron chi connectivity index (χ0n) is 13.1. The van der Waals surface area contributed by atoms with Gasteiger partial charge in [-0.15, -0.1) is 0 Å². The highest BCUT2D eigenvalue weighted by molar-refractivity contribution is 6.29. The highest BCUT2D eigenvalue weighted by Crippen LogP contribution is 2.32. The molecule has 4 nitrogen and oxygen atoms in total. The van der Waals surface area contributed by atoms with E-state index in [1.807, 2.05) is 32.9 Å². The third kappa shape index (κ3) is 4.34. The Morgan fingerprint density at radius 3 is 2.71 bits per heavy atom. The van der Waals surface area contributed by atoms with Gasteiger partial charge >= 0.3 is 6.09 Å². The number of piperidine rings is 1. The number of carbonyl (C=O) groups excluding carboxylic acids is 1. The van der Waals surface area contributed by atoms with Crippen LogP contribution in [-0.4, -0.2) is 34.7 Å². The minimum absolute atomic E-state index is 0.230. The van der Waals surface area contributed by atoms with Crippen LogP contribution in [0.2, 0.25) is 5.15 Å². The van der Waals surface area contributed by atoms with Crippen LogP contribution in [0.15, 0.2) is 18.2 Å². The Labute approximate surface area is 131 Å². The average Bonchev–Trinajstić information content (AvgIpc) is 2.36. The van der Waals surface area contributed by atoms with Gasteiger partial charge in [0.25, 0.3) is 0 Å². The first-order valence-electron chi connectivity index (χ1n) is 7.36. The van der Waals surface area contributed by atoms with Crippen LogP contribution in [0.4, 0.5) is 4.79 Å². The van der Waals surface area contributed by atoms with Crippen molar-refractivity contribution < 1.29 is 9.53 Å². The average molecular weight is 311 g/mol. The normalized spacial score (nSPS) is 23.0. The van der Waals surface area contributed by atoms with Crippen molar-refractivity contribution >= 4 is 17.7 Å². The topological polar surface area (TPSA) is 42.4 Å². The lowest BCUT2D eigenvalue weighted by molar-refractivity contribution is 0.0154. The number of likely N-dealkylation sites (tertiary alicyclic amines) is 1. The van der Waals surface area contributed by atoms with E-state index in [-0.39, 0.29) is 6.09 Å². The molecular weight excluding hydrogens is 288 g/mol. The van der Waals surface area contributed by atoms with Gasteiger partial charge in [-0.3, -0.25) is 0 Å². The van der Waals surface area contributed by atoms with Gasteiger partial charge in [-0.1, -0.05) is 24.6 Å². The number of rotatable bonds is 1. The largest absolute Gasteiger partial charge is 0.444 e. The summed E-state index contributed by atoms with van der Waals surface area (Å²) < 4.78 is 5.44. The van der Waals surface area contributed by atoms with Crippen LogP contribution in [-0.2, 0) is 4.74 Å². The molecule has 2 rings (SSSR count). The molecule has 0 aromatic carbocycles. The SMILES string of the molecule is CC1CN(C(=O)OC(C)(C)C)CCC1c1cccc(Cl)n1. The molecule has 0 radical (unpaired) electrons. The molecule has 0 saturated carbocycles. The monoisotopic (exact) mass is 310 g/mol. The Balaban J connectivity index is 2.01. The number of amides is 1. The van der Waals surface area contributed by atoms with E-state index in [1.54, 1.807) is 11.0 Å². The quantitative estimate of drug-likeness (QED) is 0.734. The smallest absolute Gasteiger partial charge is 0.410 e. The van der Waals surface area contributed by atoms with Gasteiger partial charge in [0.15, 0.2) is 0 Å². The van der Waals surface area contributed by atoms with Gasteiger partial charge in [-0.2, -0.15) is 0 Å². The summed E-state index contributed by atoms with van der Waals surface area (Å²) in [5.41, 5.74) is 0.560. The van der Waals surface area contributed by atoms with E-state index in [0.717, 1.165) is 12.1 Å². The molecule has 0 spiro atoms. The van der Waals surface area contributed by atoms with Crippen molar-refractivity contribution in [3.8, 4) is 0 Å². The van der Waals surface area contributed by atoms with E-state index in [2.05, 4.69) is 11.9 Å². The molecule has 1 aromatic heterocycles.